The maximum Gasteiger partial charge on any atom is 0.263 e. The zero-order valence-corrected chi connectivity index (χ0v) is 17.0. The lowest BCUT2D eigenvalue weighted by molar-refractivity contribution is 0.102. The second-order valence-corrected chi connectivity index (χ2v) is 8.81. The van der Waals surface area contributed by atoms with Crippen LogP contribution in [0.15, 0.2) is 70.2 Å². The Morgan fingerprint density at radius 3 is 2.63 bits per heavy atom. The van der Waals surface area contributed by atoms with Gasteiger partial charge in [-0.2, -0.15) is 0 Å². The average molecular weight is 441 g/mol. The third-order valence-corrected chi connectivity index (χ3v) is 6.14. The van der Waals surface area contributed by atoms with Crippen molar-refractivity contribution < 1.29 is 13.2 Å². The number of sulfonamides is 1. The second-order valence-electron chi connectivity index (χ2n) is 6.39. The SMILES string of the molecule is NS(=O)(=O)c1ccc(NC(=O)c2csc3ncn(Cc4cccnc4)c(=O)c23)cc1. The molecule has 9 nitrogen and oxygen atoms in total. The smallest absolute Gasteiger partial charge is 0.263 e. The number of carbonyl (C=O) groups is 1. The number of nitrogens with two attached hydrogens (primary N) is 1. The zero-order chi connectivity index (χ0) is 21.3. The number of carbonyl (C=O) groups excluding carboxylic acids is 1. The summed E-state index contributed by atoms with van der Waals surface area (Å²) in [6.45, 7) is 0.279. The first-order valence-corrected chi connectivity index (χ1v) is 11.1. The lowest BCUT2D eigenvalue weighted by Crippen LogP contribution is -2.23. The van der Waals surface area contributed by atoms with Gasteiger partial charge in [-0.25, -0.2) is 18.5 Å². The first-order chi connectivity index (χ1) is 14.3. The van der Waals surface area contributed by atoms with Crippen LogP contribution in [0, 0.1) is 0 Å². The molecule has 1 amide bonds. The van der Waals surface area contributed by atoms with Gasteiger partial charge in [0.15, 0.2) is 0 Å². The van der Waals surface area contributed by atoms with Gasteiger partial charge in [-0.1, -0.05) is 6.07 Å². The van der Waals surface area contributed by atoms with E-state index in [4.69, 9.17) is 5.14 Å². The molecule has 152 valence electrons. The number of pyridine rings is 1. The summed E-state index contributed by atoms with van der Waals surface area (Å²) in [6.07, 6.45) is 4.75. The summed E-state index contributed by atoms with van der Waals surface area (Å²) in [5.74, 6) is -0.498. The molecule has 4 aromatic rings. The van der Waals surface area contributed by atoms with Crippen molar-refractivity contribution in [3.05, 3.63) is 82.0 Å². The highest BCUT2D eigenvalue weighted by atomic mass is 32.2. The van der Waals surface area contributed by atoms with Gasteiger partial charge in [0.1, 0.15) is 4.83 Å². The minimum absolute atomic E-state index is 0.0658. The van der Waals surface area contributed by atoms with Crippen molar-refractivity contribution in [2.45, 2.75) is 11.4 Å². The largest absolute Gasteiger partial charge is 0.322 e. The molecule has 0 fully saturated rings. The quantitative estimate of drug-likeness (QED) is 0.484. The molecule has 0 unspecified atom stereocenters. The molecule has 3 heterocycles. The van der Waals surface area contributed by atoms with Crippen LogP contribution < -0.4 is 16.0 Å². The van der Waals surface area contributed by atoms with E-state index in [0.29, 0.717) is 10.5 Å². The van der Waals surface area contributed by atoms with Crippen LogP contribution in [0.2, 0.25) is 0 Å². The Labute approximate surface area is 174 Å². The van der Waals surface area contributed by atoms with E-state index in [1.165, 1.54) is 46.5 Å². The fraction of sp³-hybridized carbons (Fsp3) is 0.0526. The number of hydrogen-bond acceptors (Lipinski definition) is 7. The van der Waals surface area contributed by atoms with E-state index in [1.807, 2.05) is 6.07 Å². The molecule has 0 atom stereocenters. The number of primary sulfonamides is 1. The van der Waals surface area contributed by atoms with Crippen molar-refractivity contribution in [2.24, 2.45) is 5.14 Å². The molecule has 0 aliphatic heterocycles. The van der Waals surface area contributed by atoms with Crippen molar-refractivity contribution in [3.8, 4) is 0 Å². The van der Waals surface area contributed by atoms with Crippen LogP contribution in [-0.2, 0) is 16.6 Å². The van der Waals surface area contributed by atoms with Crippen LogP contribution in [0.25, 0.3) is 10.2 Å². The molecule has 0 aliphatic carbocycles. The highest BCUT2D eigenvalue weighted by molar-refractivity contribution is 7.89. The van der Waals surface area contributed by atoms with Crippen LogP contribution in [0.3, 0.4) is 0 Å². The highest BCUT2D eigenvalue weighted by Gasteiger charge is 2.18. The van der Waals surface area contributed by atoms with E-state index < -0.39 is 15.9 Å². The average Bonchev–Trinajstić information content (AvgIpc) is 3.16. The summed E-state index contributed by atoms with van der Waals surface area (Å²) in [6, 6.07) is 9.04. The van der Waals surface area contributed by atoms with E-state index in [2.05, 4.69) is 15.3 Å². The van der Waals surface area contributed by atoms with Crippen LogP contribution in [0.5, 0.6) is 0 Å². The number of benzene rings is 1. The lowest BCUT2D eigenvalue weighted by Gasteiger charge is -2.07. The number of thiophene rings is 1. The summed E-state index contributed by atoms with van der Waals surface area (Å²) < 4.78 is 24.1. The molecule has 0 spiro atoms. The van der Waals surface area contributed by atoms with Crippen LogP contribution in [0.4, 0.5) is 5.69 Å². The number of nitrogens with one attached hydrogen (secondary N) is 1. The predicted octanol–water partition coefficient (Wildman–Crippen LogP) is 1.80. The molecular formula is C19H15N5O4S2. The van der Waals surface area contributed by atoms with Gasteiger partial charge in [-0.3, -0.25) is 19.1 Å². The minimum Gasteiger partial charge on any atom is -0.322 e. The van der Waals surface area contributed by atoms with Crippen molar-refractivity contribution in [1.82, 2.24) is 14.5 Å². The molecule has 1 aromatic carbocycles. The third-order valence-electron chi connectivity index (χ3n) is 4.32. The number of hydrogen-bond donors (Lipinski definition) is 2. The van der Waals surface area contributed by atoms with Gasteiger partial charge < -0.3 is 5.32 Å². The normalized spacial score (nSPS) is 11.5. The van der Waals surface area contributed by atoms with E-state index >= 15 is 0 Å². The lowest BCUT2D eigenvalue weighted by atomic mass is 10.2. The van der Waals surface area contributed by atoms with Crippen LogP contribution in [0.1, 0.15) is 15.9 Å². The van der Waals surface area contributed by atoms with Crippen molar-refractivity contribution >= 4 is 43.2 Å². The number of aromatic nitrogens is 3. The Kier molecular flexibility index (Phi) is 5.16. The van der Waals surface area contributed by atoms with Crippen molar-refractivity contribution in [1.29, 1.82) is 0 Å². The number of nitrogens with zero attached hydrogens (tertiary/aromatic N) is 3. The maximum absolute atomic E-state index is 13.0. The van der Waals surface area contributed by atoms with Gasteiger partial charge in [0, 0.05) is 23.5 Å². The van der Waals surface area contributed by atoms with Gasteiger partial charge in [0.05, 0.1) is 28.7 Å². The van der Waals surface area contributed by atoms with E-state index in [-0.39, 0.29) is 27.9 Å². The first-order valence-electron chi connectivity index (χ1n) is 8.63. The minimum atomic E-state index is -3.82. The molecule has 0 saturated carbocycles. The van der Waals surface area contributed by atoms with Gasteiger partial charge in [0.25, 0.3) is 11.5 Å². The zero-order valence-electron chi connectivity index (χ0n) is 15.3. The Morgan fingerprint density at radius 2 is 1.97 bits per heavy atom. The van der Waals surface area contributed by atoms with Crippen molar-refractivity contribution in [2.75, 3.05) is 5.32 Å². The summed E-state index contributed by atoms with van der Waals surface area (Å²) >= 11 is 1.19. The van der Waals surface area contributed by atoms with E-state index in [0.717, 1.165) is 5.56 Å². The Bertz CT molecular complexity index is 1390. The second kappa shape index (κ2) is 7.78. The maximum atomic E-state index is 13.0. The molecule has 30 heavy (non-hydrogen) atoms. The van der Waals surface area contributed by atoms with Gasteiger partial charge >= 0.3 is 0 Å². The fourth-order valence-corrected chi connectivity index (χ4v) is 4.25. The summed E-state index contributed by atoms with van der Waals surface area (Å²) in [4.78, 5) is 34.4. The van der Waals surface area contributed by atoms with Crippen LogP contribution >= 0.6 is 11.3 Å². The number of anilines is 1. The van der Waals surface area contributed by atoms with Crippen molar-refractivity contribution in [3.63, 3.8) is 0 Å². The number of amides is 1. The molecule has 0 saturated heterocycles. The summed E-state index contributed by atoms with van der Waals surface area (Å²) in [5.41, 5.74) is 1.06. The molecule has 0 bridgehead atoms. The number of fused-ring (bicyclic) bond motifs is 1. The topological polar surface area (TPSA) is 137 Å². The molecular weight excluding hydrogens is 426 g/mol. The third kappa shape index (κ3) is 3.99. The molecule has 0 aliphatic rings. The van der Waals surface area contributed by atoms with Gasteiger partial charge in [0.2, 0.25) is 10.0 Å². The van der Waals surface area contributed by atoms with Gasteiger partial charge in [-0.05, 0) is 35.9 Å². The Hall–Kier alpha value is -3.41. The summed E-state index contributed by atoms with van der Waals surface area (Å²) in [5, 5.41) is 9.53. The Morgan fingerprint density at radius 1 is 1.20 bits per heavy atom. The monoisotopic (exact) mass is 441 g/mol. The number of rotatable bonds is 5. The predicted molar refractivity (Wildman–Crippen MR) is 113 cm³/mol. The van der Waals surface area contributed by atoms with E-state index in [1.54, 1.807) is 23.8 Å². The Balaban J connectivity index is 1.64. The molecule has 3 aromatic heterocycles. The molecule has 0 radical (unpaired) electrons. The van der Waals surface area contributed by atoms with Crippen LogP contribution in [-0.4, -0.2) is 28.9 Å². The molecule has 4 rings (SSSR count). The van der Waals surface area contributed by atoms with Gasteiger partial charge in [-0.15, -0.1) is 11.3 Å². The highest BCUT2D eigenvalue weighted by Crippen LogP contribution is 2.22. The molecule has 3 N–H and O–H groups in total. The molecule has 11 heteroatoms. The summed E-state index contributed by atoms with van der Waals surface area (Å²) in [7, 11) is -3.82. The fourth-order valence-electron chi connectivity index (χ4n) is 2.86. The first kappa shape index (κ1) is 19.9. The standard InChI is InChI=1S/C19H15N5O4S2/c20-30(27,28)14-5-3-13(4-6-14)23-17(25)15-10-29-18-16(15)19(26)24(11-22-18)9-12-2-1-7-21-8-12/h1-8,10-11H,9H2,(H,23,25)(H2,20,27,28). The van der Waals surface area contributed by atoms with E-state index in [9.17, 15) is 18.0 Å².